The van der Waals surface area contributed by atoms with Crippen molar-refractivity contribution in [2.75, 3.05) is 13.6 Å². The van der Waals surface area contributed by atoms with E-state index < -0.39 is 0 Å². The third kappa shape index (κ3) is 2.40. The third-order valence-electron chi connectivity index (χ3n) is 2.11. The summed E-state index contributed by atoms with van der Waals surface area (Å²) in [6.45, 7) is 0.801. The van der Waals surface area contributed by atoms with Crippen molar-refractivity contribution in [1.29, 1.82) is 0 Å². The van der Waals surface area contributed by atoms with Gasteiger partial charge in [0.2, 0.25) is 0 Å². The van der Waals surface area contributed by atoms with E-state index in [9.17, 15) is 4.39 Å². The molecular weight excluding hydrogens is 209 g/mol. The standard InChI is InChI=1S/C10H12FN5/c1-12-7-6-10-13-15-16(14-10)9-4-2-8(11)3-5-9/h2-5,12H,6-7H2,1H3. The first-order valence-corrected chi connectivity index (χ1v) is 4.99. The third-order valence-corrected chi connectivity index (χ3v) is 2.11. The molecule has 0 saturated heterocycles. The summed E-state index contributed by atoms with van der Waals surface area (Å²) in [5, 5.41) is 15.0. The molecule has 0 unspecified atom stereocenters. The fraction of sp³-hybridized carbons (Fsp3) is 0.300. The smallest absolute Gasteiger partial charge is 0.176 e. The van der Waals surface area contributed by atoms with Gasteiger partial charge in [-0.3, -0.25) is 0 Å². The van der Waals surface area contributed by atoms with Gasteiger partial charge < -0.3 is 5.32 Å². The second-order valence-corrected chi connectivity index (χ2v) is 3.33. The molecular formula is C10H12FN5. The van der Waals surface area contributed by atoms with Crippen LogP contribution < -0.4 is 5.32 Å². The first-order valence-electron chi connectivity index (χ1n) is 4.99. The minimum Gasteiger partial charge on any atom is -0.319 e. The fourth-order valence-corrected chi connectivity index (χ4v) is 1.26. The monoisotopic (exact) mass is 221 g/mol. The van der Waals surface area contributed by atoms with Gasteiger partial charge >= 0.3 is 0 Å². The first-order chi connectivity index (χ1) is 7.79. The number of tetrazole rings is 1. The molecule has 2 aromatic rings. The van der Waals surface area contributed by atoms with Crippen molar-refractivity contribution in [2.24, 2.45) is 0 Å². The van der Waals surface area contributed by atoms with Gasteiger partial charge in [0.05, 0.1) is 5.69 Å². The average molecular weight is 221 g/mol. The molecule has 1 N–H and O–H groups in total. The topological polar surface area (TPSA) is 55.6 Å². The maximum atomic E-state index is 12.7. The van der Waals surface area contributed by atoms with Crippen molar-refractivity contribution in [1.82, 2.24) is 25.5 Å². The number of rotatable bonds is 4. The number of nitrogens with zero attached hydrogens (tertiary/aromatic N) is 4. The van der Waals surface area contributed by atoms with Crippen molar-refractivity contribution < 1.29 is 4.39 Å². The normalized spacial score (nSPS) is 10.6. The van der Waals surface area contributed by atoms with Crippen LogP contribution in [0.4, 0.5) is 4.39 Å². The first kappa shape index (κ1) is 10.7. The Morgan fingerprint density at radius 1 is 1.31 bits per heavy atom. The summed E-state index contributed by atoms with van der Waals surface area (Å²) in [6.07, 6.45) is 0.720. The minimum atomic E-state index is -0.278. The van der Waals surface area contributed by atoms with Gasteiger partial charge in [-0.15, -0.1) is 15.0 Å². The van der Waals surface area contributed by atoms with E-state index >= 15 is 0 Å². The van der Waals surface area contributed by atoms with Crippen LogP contribution in [0.5, 0.6) is 0 Å². The second-order valence-electron chi connectivity index (χ2n) is 3.33. The van der Waals surface area contributed by atoms with E-state index in [1.165, 1.54) is 16.9 Å². The van der Waals surface area contributed by atoms with Crippen LogP contribution in [0.25, 0.3) is 5.69 Å². The van der Waals surface area contributed by atoms with Gasteiger partial charge in [0.1, 0.15) is 5.82 Å². The molecule has 84 valence electrons. The van der Waals surface area contributed by atoms with Crippen molar-refractivity contribution in [3.63, 3.8) is 0 Å². The van der Waals surface area contributed by atoms with E-state index in [0.717, 1.165) is 13.0 Å². The summed E-state index contributed by atoms with van der Waals surface area (Å²) in [6, 6.07) is 5.95. The van der Waals surface area contributed by atoms with E-state index in [2.05, 4.69) is 20.7 Å². The van der Waals surface area contributed by atoms with Crippen molar-refractivity contribution in [3.05, 3.63) is 35.9 Å². The highest BCUT2D eigenvalue weighted by atomic mass is 19.1. The summed E-state index contributed by atoms with van der Waals surface area (Å²) in [7, 11) is 1.87. The molecule has 1 heterocycles. The summed E-state index contributed by atoms with van der Waals surface area (Å²) in [4.78, 5) is 1.39. The van der Waals surface area contributed by atoms with Crippen LogP contribution in [0.1, 0.15) is 5.82 Å². The zero-order chi connectivity index (χ0) is 11.4. The fourth-order valence-electron chi connectivity index (χ4n) is 1.26. The van der Waals surface area contributed by atoms with Gasteiger partial charge in [0.25, 0.3) is 0 Å². The molecule has 6 heteroatoms. The Labute approximate surface area is 92.3 Å². The van der Waals surface area contributed by atoms with Gasteiger partial charge in [-0.05, 0) is 36.5 Å². The van der Waals surface area contributed by atoms with Gasteiger partial charge in [-0.25, -0.2) is 4.39 Å². The zero-order valence-corrected chi connectivity index (χ0v) is 8.89. The Hall–Kier alpha value is -1.82. The molecule has 0 spiro atoms. The lowest BCUT2D eigenvalue weighted by molar-refractivity contribution is 0.625. The van der Waals surface area contributed by atoms with E-state index in [0.29, 0.717) is 11.5 Å². The Kier molecular flexibility index (Phi) is 3.21. The lowest BCUT2D eigenvalue weighted by atomic mass is 10.3. The van der Waals surface area contributed by atoms with Crippen LogP contribution >= 0.6 is 0 Å². The number of halogens is 1. The molecule has 0 atom stereocenters. The molecule has 0 bridgehead atoms. The lowest BCUT2D eigenvalue weighted by Gasteiger charge is -1.96. The molecule has 16 heavy (non-hydrogen) atoms. The molecule has 0 aliphatic heterocycles. The molecule has 0 saturated carbocycles. The van der Waals surface area contributed by atoms with Gasteiger partial charge in [0, 0.05) is 13.0 Å². The molecule has 0 radical (unpaired) electrons. The predicted molar refractivity (Wildman–Crippen MR) is 56.7 cm³/mol. The minimum absolute atomic E-state index is 0.278. The number of hydrogen-bond donors (Lipinski definition) is 1. The van der Waals surface area contributed by atoms with Gasteiger partial charge in [-0.1, -0.05) is 0 Å². The van der Waals surface area contributed by atoms with E-state index in [1.807, 2.05) is 7.05 Å². The van der Waals surface area contributed by atoms with Gasteiger partial charge in [0.15, 0.2) is 5.82 Å². The molecule has 2 rings (SSSR count). The molecule has 5 nitrogen and oxygen atoms in total. The quantitative estimate of drug-likeness (QED) is 0.819. The van der Waals surface area contributed by atoms with Crippen molar-refractivity contribution in [2.45, 2.75) is 6.42 Å². The van der Waals surface area contributed by atoms with Crippen molar-refractivity contribution >= 4 is 0 Å². The highest BCUT2D eigenvalue weighted by Gasteiger charge is 2.03. The Morgan fingerprint density at radius 3 is 2.75 bits per heavy atom. The lowest BCUT2D eigenvalue weighted by Crippen LogP contribution is -2.11. The average Bonchev–Trinajstić information content (AvgIpc) is 2.76. The SMILES string of the molecule is CNCCc1nnn(-c2ccc(F)cc2)n1. The Morgan fingerprint density at radius 2 is 2.06 bits per heavy atom. The zero-order valence-electron chi connectivity index (χ0n) is 8.89. The number of benzene rings is 1. The molecule has 0 fully saturated rings. The van der Waals surface area contributed by atoms with E-state index in [4.69, 9.17) is 0 Å². The molecule has 1 aromatic heterocycles. The van der Waals surface area contributed by atoms with Gasteiger partial charge in [-0.2, -0.15) is 0 Å². The number of likely N-dealkylation sites (N-methyl/N-ethyl adjacent to an activating group) is 1. The number of hydrogen-bond acceptors (Lipinski definition) is 4. The number of nitrogens with one attached hydrogen (secondary N) is 1. The molecule has 0 amide bonds. The van der Waals surface area contributed by atoms with Crippen LogP contribution in [0.3, 0.4) is 0 Å². The molecule has 0 aliphatic rings. The maximum Gasteiger partial charge on any atom is 0.176 e. The van der Waals surface area contributed by atoms with E-state index in [-0.39, 0.29) is 5.82 Å². The van der Waals surface area contributed by atoms with Crippen molar-refractivity contribution in [3.8, 4) is 5.69 Å². The molecule has 0 aliphatic carbocycles. The van der Waals surface area contributed by atoms with Crippen LogP contribution in [-0.2, 0) is 6.42 Å². The Balaban J connectivity index is 2.15. The summed E-state index contributed by atoms with van der Waals surface area (Å²) in [5.41, 5.74) is 0.699. The summed E-state index contributed by atoms with van der Waals surface area (Å²) < 4.78 is 12.7. The maximum absolute atomic E-state index is 12.7. The van der Waals surface area contributed by atoms with E-state index in [1.54, 1.807) is 12.1 Å². The highest BCUT2D eigenvalue weighted by molar-refractivity contribution is 5.28. The van der Waals surface area contributed by atoms with Crippen LogP contribution in [0.2, 0.25) is 0 Å². The van der Waals surface area contributed by atoms with Crippen LogP contribution in [0, 0.1) is 5.82 Å². The summed E-state index contributed by atoms with van der Waals surface area (Å²) in [5.74, 6) is 0.387. The van der Waals surface area contributed by atoms with Crippen LogP contribution in [0.15, 0.2) is 24.3 Å². The summed E-state index contributed by atoms with van der Waals surface area (Å²) >= 11 is 0. The number of aromatic nitrogens is 4. The Bertz CT molecular complexity index is 450. The molecule has 1 aromatic carbocycles. The largest absolute Gasteiger partial charge is 0.319 e. The van der Waals surface area contributed by atoms with Crippen LogP contribution in [-0.4, -0.2) is 33.8 Å². The second kappa shape index (κ2) is 4.80. The predicted octanol–water partition coefficient (Wildman–Crippen LogP) is 0.563. The highest BCUT2D eigenvalue weighted by Crippen LogP contribution is 2.05.